The summed E-state index contributed by atoms with van der Waals surface area (Å²) in [6.45, 7) is 6.99. The molecule has 0 amide bonds. The molecular weight excluding hydrogens is 316 g/mol. The van der Waals surface area contributed by atoms with Crippen LogP contribution in [-0.4, -0.2) is 80.1 Å². The zero-order valence-corrected chi connectivity index (χ0v) is 14.1. The standard InChI is InChI=1S/C17H25ClN2O3/c18-16-4-2-1-3-15(16)17-13-20(7-10-23-17)12-14(21)11-19-5-8-22-9-6-19/h1-4,14,17,21H,5-13H2. The second-order valence-electron chi connectivity index (χ2n) is 6.21. The Balaban J connectivity index is 1.51. The van der Waals surface area contributed by atoms with Crippen LogP contribution in [0.15, 0.2) is 24.3 Å². The lowest BCUT2D eigenvalue weighted by Crippen LogP contribution is -2.47. The minimum atomic E-state index is -0.349. The van der Waals surface area contributed by atoms with Crippen LogP contribution in [-0.2, 0) is 9.47 Å². The van der Waals surface area contributed by atoms with Crippen LogP contribution in [0, 0.1) is 0 Å². The van der Waals surface area contributed by atoms with E-state index in [0.29, 0.717) is 19.7 Å². The predicted octanol–water partition coefficient (Wildman–Crippen LogP) is 1.41. The van der Waals surface area contributed by atoms with Gasteiger partial charge in [0.05, 0.1) is 32.0 Å². The van der Waals surface area contributed by atoms with E-state index >= 15 is 0 Å². The Morgan fingerprint density at radius 1 is 1.09 bits per heavy atom. The fourth-order valence-corrected chi connectivity index (χ4v) is 3.49. The number of hydrogen-bond donors (Lipinski definition) is 1. The molecular formula is C17H25ClN2O3. The Hall–Kier alpha value is -0.690. The third-order valence-corrected chi connectivity index (χ3v) is 4.79. The van der Waals surface area contributed by atoms with E-state index in [1.165, 1.54) is 0 Å². The third kappa shape index (κ3) is 4.89. The maximum absolute atomic E-state index is 10.4. The number of rotatable bonds is 5. The van der Waals surface area contributed by atoms with Gasteiger partial charge in [-0.05, 0) is 6.07 Å². The number of aliphatic hydroxyl groups excluding tert-OH is 1. The quantitative estimate of drug-likeness (QED) is 0.878. The van der Waals surface area contributed by atoms with E-state index in [-0.39, 0.29) is 12.2 Å². The van der Waals surface area contributed by atoms with E-state index in [2.05, 4.69) is 9.80 Å². The molecule has 23 heavy (non-hydrogen) atoms. The van der Waals surface area contributed by atoms with Crippen molar-refractivity contribution in [3.8, 4) is 0 Å². The summed E-state index contributed by atoms with van der Waals surface area (Å²) >= 11 is 6.27. The van der Waals surface area contributed by atoms with E-state index < -0.39 is 0 Å². The molecule has 2 unspecified atom stereocenters. The molecule has 2 fully saturated rings. The fourth-order valence-electron chi connectivity index (χ4n) is 3.23. The van der Waals surface area contributed by atoms with Gasteiger partial charge in [-0.2, -0.15) is 0 Å². The number of hydrogen-bond acceptors (Lipinski definition) is 5. The number of benzene rings is 1. The Kier molecular flexibility index (Phi) is 6.28. The molecule has 6 heteroatoms. The van der Waals surface area contributed by atoms with E-state index in [1.54, 1.807) is 0 Å². The molecule has 2 aliphatic rings. The van der Waals surface area contributed by atoms with Crippen molar-refractivity contribution < 1.29 is 14.6 Å². The fraction of sp³-hybridized carbons (Fsp3) is 0.647. The van der Waals surface area contributed by atoms with Crippen molar-refractivity contribution in [1.82, 2.24) is 9.80 Å². The monoisotopic (exact) mass is 340 g/mol. The van der Waals surface area contributed by atoms with Crippen molar-refractivity contribution in [3.05, 3.63) is 34.9 Å². The first-order chi connectivity index (χ1) is 11.2. The summed E-state index contributed by atoms with van der Waals surface area (Å²) in [7, 11) is 0. The molecule has 0 spiro atoms. The highest BCUT2D eigenvalue weighted by molar-refractivity contribution is 6.31. The molecule has 1 aromatic carbocycles. The number of ether oxygens (including phenoxy) is 2. The molecule has 0 aliphatic carbocycles. The summed E-state index contributed by atoms with van der Waals surface area (Å²) in [6, 6.07) is 7.82. The summed E-state index contributed by atoms with van der Waals surface area (Å²) in [5.41, 5.74) is 1.03. The average molecular weight is 341 g/mol. The first-order valence-corrected chi connectivity index (χ1v) is 8.67. The smallest absolute Gasteiger partial charge is 0.0966 e. The summed E-state index contributed by atoms with van der Waals surface area (Å²) in [4.78, 5) is 4.53. The molecule has 1 aromatic rings. The third-order valence-electron chi connectivity index (χ3n) is 4.44. The molecule has 2 aliphatic heterocycles. The number of morpholine rings is 2. The van der Waals surface area contributed by atoms with Gasteiger partial charge in [0, 0.05) is 49.9 Å². The van der Waals surface area contributed by atoms with Crippen molar-refractivity contribution >= 4 is 11.6 Å². The lowest BCUT2D eigenvalue weighted by Gasteiger charge is -2.36. The topological polar surface area (TPSA) is 45.2 Å². The molecule has 3 rings (SSSR count). The van der Waals surface area contributed by atoms with E-state index in [1.807, 2.05) is 24.3 Å². The number of aliphatic hydroxyl groups is 1. The van der Waals surface area contributed by atoms with Crippen LogP contribution in [0.4, 0.5) is 0 Å². The second-order valence-corrected chi connectivity index (χ2v) is 6.61. The first kappa shape index (κ1) is 17.1. The lowest BCUT2D eigenvalue weighted by molar-refractivity contribution is -0.0485. The van der Waals surface area contributed by atoms with Crippen molar-refractivity contribution in [2.24, 2.45) is 0 Å². The van der Waals surface area contributed by atoms with Crippen LogP contribution in [0.25, 0.3) is 0 Å². The predicted molar refractivity (Wildman–Crippen MR) is 89.9 cm³/mol. The number of nitrogens with zero attached hydrogens (tertiary/aromatic N) is 2. The Morgan fingerprint density at radius 3 is 2.57 bits per heavy atom. The van der Waals surface area contributed by atoms with Gasteiger partial charge in [0.15, 0.2) is 0 Å². The van der Waals surface area contributed by atoms with Crippen molar-refractivity contribution in [2.45, 2.75) is 12.2 Å². The first-order valence-electron chi connectivity index (χ1n) is 8.29. The molecule has 2 atom stereocenters. The highest BCUT2D eigenvalue weighted by Crippen LogP contribution is 2.28. The van der Waals surface area contributed by atoms with Gasteiger partial charge in [-0.1, -0.05) is 29.8 Å². The van der Waals surface area contributed by atoms with E-state index in [9.17, 15) is 5.11 Å². The van der Waals surface area contributed by atoms with Crippen molar-refractivity contribution in [1.29, 1.82) is 0 Å². The highest BCUT2D eigenvalue weighted by atomic mass is 35.5. The molecule has 5 nitrogen and oxygen atoms in total. The van der Waals surface area contributed by atoms with Crippen molar-refractivity contribution in [2.75, 3.05) is 59.1 Å². The van der Waals surface area contributed by atoms with Gasteiger partial charge in [-0.15, -0.1) is 0 Å². The number of halogens is 1. The Labute approximate surface area is 142 Å². The maximum atomic E-state index is 10.4. The summed E-state index contributed by atoms with van der Waals surface area (Å²) < 4.78 is 11.2. The molecule has 0 radical (unpaired) electrons. The molecule has 2 heterocycles. The molecule has 128 valence electrons. The van der Waals surface area contributed by atoms with Crippen LogP contribution in [0.2, 0.25) is 5.02 Å². The molecule has 2 saturated heterocycles. The van der Waals surface area contributed by atoms with Crippen molar-refractivity contribution in [3.63, 3.8) is 0 Å². The van der Waals surface area contributed by atoms with Gasteiger partial charge in [0.25, 0.3) is 0 Å². The summed E-state index contributed by atoms with van der Waals surface area (Å²) in [5.74, 6) is 0. The zero-order chi connectivity index (χ0) is 16.1. The zero-order valence-electron chi connectivity index (χ0n) is 13.4. The van der Waals surface area contributed by atoms with Crippen LogP contribution >= 0.6 is 11.6 Å². The minimum Gasteiger partial charge on any atom is -0.390 e. The Bertz CT molecular complexity index is 496. The normalized spacial score (nSPS) is 25.4. The van der Waals surface area contributed by atoms with Crippen LogP contribution < -0.4 is 0 Å². The Morgan fingerprint density at radius 2 is 1.78 bits per heavy atom. The minimum absolute atomic E-state index is 0.0203. The molecule has 1 N–H and O–H groups in total. The molecule has 0 saturated carbocycles. The van der Waals surface area contributed by atoms with Gasteiger partial charge in [0.1, 0.15) is 0 Å². The van der Waals surface area contributed by atoms with E-state index in [4.69, 9.17) is 21.1 Å². The molecule has 0 aromatic heterocycles. The molecule has 0 bridgehead atoms. The highest BCUT2D eigenvalue weighted by Gasteiger charge is 2.25. The van der Waals surface area contributed by atoms with Crippen LogP contribution in [0.3, 0.4) is 0 Å². The lowest BCUT2D eigenvalue weighted by atomic mass is 10.1. The van der Waals surface area contributed by atoms with Gasteiger partial charge in [-0.3, -0.25) is 9.80 Å². The largest absolute Gasteiger partial charge is 0.390 e. The van der Waals surface area contributed by atoms with Gasteiger partial charge >= 0.3 is 0 Å². The van der Waals surface area contributed by atoms with E-state index in [0.717, 1.165) is 50.0 Å². The summed E-state index contributed by atoms with van der Waals surface area (Å²) in [6.07, 6.45) is -0.369. The van der Waals surface area contributed by atoms with Gasteiger partial charge in [-0.25, -0.2) is 0 Å². The SMILES string of the molecule is OC(CN1CCOCC1)CN1CCOC(c2ccccc2Cl)C1. The van der Waals surface area contributed by atoms with Crippen LogP contribution in [0.5, 0.6) is 0 Å². The van der Waals surface area contributed by atoms with Gasteiger partial charge in [0.2, 0.25) is 0 Å². The summed E-state index contributed by atoms with van der Waals surface area (Å²) in [5, 5.41) is 11.1. The maximum Gasteiger partial charge on any atom is 0.0966 e. The van der Waals surface area contributed by atoms with Crippen LogP contribution in [0.1, 0.15) is 11.7 Å². The average Bonchev–Trinajstić information content (AvgIpc) is 2.56. The second kappa shape index (κ2) is 8.42. The number of β-amino-alcohol motifs (C(OH)–C–C–N with tert-alkyl or cyclic N) is 1. The van der Waals surface area contributed by atoms with Gasteiger partial charge < -0.3 is 14.6 Å².